The molecule has 0 saturated heterocycles. The maximum atomic E-state index is 11.2. The van der Waals surface area contributed by atoms with Crippen LogP contribution in [0.25, 0.3) is 16.3 Å². The predicted molar refractivity (Wildman–Crippen MR) is 84.6 cm³/mol. The van der Waals surface area contributed by atoms with Gasteiger partial charge in [0.05, 0.1) is 6.54 Å². The molecule has 4 rings (SSSR count). The fourth-order valence-electron chi connectivity index (χ4n) is 2.17. The Hall–Kier alpha value is -3.34. The monoisotopic (exact) mass is 343 g/mol. The Morgan fingerprint density at radius 1 is 1.33 bits per heavy atom. The van der Waals surface area contributed by atoms with Crippen LogP contribution in [-0.4, -0.2) is 29.4 Å². The fraction of sp³-hybridized carbons (Fsp3) is 0.0769. The number of nitrogens with zero attached hydrogens (tertiary/aromatic N) is 6. The molecule has 24 heavy (non-hydrogen) atoms. The van der Waals surface area contributed by atoms with E-state index in [-0.39, 0.29) is 18.2 Å². The van der Waals surface area contributed by atoms with Gasteiger partial charge in [0.1, 0.15) is 6.20 Å². The summed E-state index contributed by atoms with van der Waals surface area (Å²) in [7, 11) is 0. The minimum atomic E-state index is -0.481. The molecule has 0 radical (unpaired) electrons. The Kier molecular flexibility index (Phi) is 3.39. The lowest BCUT2D eigenvalue weighted by Gasteiger charge is -1.99. The highest BCUT2D eigenvalue weighted by molar-refractivity contribution is 7.15. The molecule has 10 nitrogen and oxygen atoms in total. The van der Waals surface area contributed by atoms with Crippen molar-refractivity contribution in [3.63, 3.8) is 0 Å². The minimum Gasteiger partial charge on any atom is -0.358 e. The third-order valence-corrected chi connectivity index (χ3v) is 3.98. The standard InChI is InChI=1S/C13H9N7O3S/c21-20(22)12-11(17-13-19(12)5-6-24-13)15-7-9-16-10(18-23-9)8-1-3-14-4-2-8/h1-6,15H,7H2. The Labute approximate surface area is 137 Å². The number of rotatable bonds is 5. The van der Waals surface area contributed by atoms with Gasteiger partial charge in [0.25, 0.3) is 4.96 Å². The topological polar surface area (TPSA) is 124 Å². The van der Waals surface area contributed by atoms with Crippen LogP contribution < -0.4 is 5.32 Å². The van der Waals surface area contributed by atoms with Crippen LogP contribution >= 0.6 is 11.3 Å². The molecule has 4 aromatic heterocycles. The SMILES string of the molecule is O=[N+]([O-])c1c(NCc2nc(-c3ccncc3)no2)nc2sccn12. The van der Waals surface area contributed by atoms with Gasteiger partial charge in [-0.3, -0.25) is 4.98 Å². The number of imidazole rings is 1. The van der Waals surface area contributed by atoms with Gasteiger partial charge in [-0.05, 0) is 17.1 Å². The van der Waals surface area contributed by atoms with Gasteiger partial charge in [-0.15, -0.1) is 0 Å². The summed E-state index contributed by atoms with van der Waals surface area (Å²) < 4.78 is 6.57. The molecule has 0 fully saturated rings. The van der Waals surface area contributed by atoms with E-state index in [1.165, 1.54) is 15.7 Å². The fourth-order valence-corrected chi connectivity index (χ4v) is 2.88. The molecule has 120 valence electrons. The Morgan fingerprint density at radius 2 is 2.17 bits per heavy atom. The second kappa shape index (κ2) is 5.70. The molecule has 4 heterocycles. The van der Waals surface area contributed by atoms with Gasteiger partial charge in [-0.25, -0.2) is 0 Å². The molecule has 0 unspecified atom stereocenters. The molecule has 0 saturated carbocycles. The zero-order valence-corrected chi connectivity index (χ0v) is 12.8. The molecule has 0 amide bonds. The first kappa shape index (κ1) is 14.3. The number of aromatic nitrogens is 5. The number of hydrogen-bond acceptors (Lipinski definition) is 9. The van der Waals surface area contributed by atoms with Gasteiger partial charge < -0.3 is 20.0 Å². The summed E-state index contributed by atoms with van der Waals surface area (Å²) in [5.41, 5.74) is 0.772. The lowest BCUT2D eigenvalue weighted by Crippen LogP contribution is -2.03. The molecule has 0 atom stereocenters. The largest absolute Gasteiger partial charge is 0.372 e. The van der Waals surface area contributed by atoms with Crippen LogP contribution in [0.2, 0.25) is 0 Å². The number of nitrogens with one attached hydrogen (secondary N) is 1. The van der Waals surface area contributed by atoms with Crippen LogP contribution in [0.5, 0.6) is 0 Å². The van der Waals surface area contributed by atoms with E-state index in [9.17, 15) is 10.1 Å². The number of thiazole rings is 1. The summed E-state index contributed by atoms with van der Waals surface area (Å²) in [5.74, 6) is 0.762. The van der Waals surface area contributed by atoms with Crippen LogP contribution in [0, 0.1) is 10.1 Å². The van der Waals surface area contributed by atoms with Gasteiger partial charge >= 0.3 is 5.82 Å². The number of nitro groups is 1. The molecule has 0 aliphatic carbocycles. The van der Waals surface area contributed by atoms with Crippen LogP contribution in [-0.2, 0) is 6.54 Å². The van der Waals surface area contributed by atoms with E-state index in [2.05, 4.69) is 25.4 Å². The number of pyridine rings is 1. The van der Waals surface area contributed by atoms with Gasteiger partial charge in [-0.2, -0.15) is 14.4 Å². The van der Waals surface area contributed by atoms with Crippen molar-refractivity contribution in [1.82, 2.24) is 24.5 Å². The van der Waals surface area contributed by atoms with Crippen molar-refractivity contribution < 1.29 is 9.45 Å². The maximum absolute atomic E-state index is 11.2. The summed E-state index contributed by atoms with van der Waals surface area (Å²) in [6.45, 7) is 0.129. The van der Waals surface area contributed by atoms with E-state index in [0.717, 1.165) is 5.56 Å². The van der Waals surface area contributed by atoms with Crippen molar-refractivity contribution in [2.75, 3.05) is 5.32 Å². The van der Waals surface area contributed by atoms with Gasteiger partial charge in [0.2, 0.25) is 17.5 Å². The van der Waals surface area contributed by atoms with Gasteiger partial charge in [0, 0.05) is 23.3 Å². The van der Waals surface area contributed by atoms with Crippen molar-refractivity contribution >= 4 is 27.9 Å². The minimum absolute atomic E-state index is 0.125. The quantitative estimate of drug-likeness (QED) is 0.432. The summed E-state index contributed by atoms with van der Waals surface area (Å²) >= 11 is 1.31. The number of hydrogen-bond donors (Lipinski definition) is 1. The first-order chi connectivity index (χ1) is 11.7. The first-order valence-electron chi connectivity index (χ1n) is 6.79. The molecule has 0 aromatic carbocycles. The molecule has 4 aromatic rings. The summed E-state index contributed by atoms with van der Waals surface area (Å²) in [4.78, 5) is 23.7. The smallest absolute Gasteiger partial charge is 0.358 e. The van der Waals surface area contributed by atoms with Crippen molar-refractivity contribution in [3.8, 4) is 11.4 Å². The zero-order chi connectivity index (χ0) is 16.5. The highest BCUT2D eigenvalue weighted by Gasteiger charge is 2.23. The number of anilines is 1. The average Bonchev–Trinajstić information content (AvgIpc) is 3.28. The average molecular weight is 343 g/mol. The van der Waals surface area contributed by atoms with Gasteiger partial charge in [-0.1, -0.05) is 16.5 Å². The van der Waals surface area contributed by atoms with Crippen molar-refractivity contribution in [2.45, 2.75) is 6.54 Å². The second-order valence-corrected chi connectivity index (χ2v) is 5.57. The van der Waals surface area contributed by atoms with Crippen LogP contribution in [0.3, 0.4) is 0 Å². The van der Waals surface area contributed by atoms with E-state index in [1.807, 2.05) is 0 Å². The predicted octanol–water partition coefficient (Wildman–Crippen LogP) is 2.36. The molecule has 1 N–H and O–H groups in total. The van der Waals surface area contributed by atoms with Gasteiger partial charge in [0.15, 0.2) is 0 Å². The van der Waals surface area contributed by atoms with Crippen LogP contribution in [0.4, 0.5) is 11.6 Å². The molecular weight excluding hydrogens is 334 g/mol. The van der Waals surface area contributed by atoms with E-state index >= 15 is 0 Å². The molecule has 0 aliphatic heterocycles. The van der Waals surface area contributed by atoms with E-state index in [1.54, 1.807) is 36.1 Å². The molecule has 11 heteroatoms. The summed E-state index contributed by atoms with van der Waals surface area (Å²) in [6, 6.07) is 3.52. The van der Waals surface area contributed by atoms with E-state index in [4.69, 9.17) is 4.52 Å². The van der Waals surface area contributed by atoms with Crippen LogP contribution in [0.15, 0.2) is 40.6 Å². The maximum Gasteiger partial charge on any atom is 0.372 e. The number of fused-ring (bicyclic) bond motifs is 1. The summed E-state index contributed by atoms with van der Waals surface area (Å²) in [5, 5.41) is 19.7. The normalized spacial score (nSPS) is 11.0. The van der Waals surface area contributed by atoms with Crippen LogP contribution in [0.1, 0.15) is 5.89 Å². The lowest BCUT2D eigenvalue weighted by atomic mass is 10.2. The molecule has 0 aliphatic rings. The highest BCUT2D eigenvalue weighted by atomic mass is 32.1. The second-order valence-electron chi connectivity index (χ2n) is 4.70. The summed E-state index contributed by atoms with van der Waals surface area (Å²) in [6.07, 6.45) is 4.86. The van der Waals surface area contributed by atoms with E-state index < -0.39 is 4.92 Å². The van der Waals surface area contributed by atoms with Crippen molar-refractivity contribution in [3.05, 3.63) is 52.1 Å². The Morgan fingerprint density at radius 3 is 2.96 bits per heavy atom. The molecule has 0 bridgehead atoms. The van der Waals surface area contributed by atoms with Crippen molar-refractivity contribution in [2.24, 2.45) is 0 Å². The van der Waals surface area contributed by atoms with E-state index in [0.29, 0.717) is 16.7 Å². The third-order valence-electron chi connectivity index (χ3n) is 3.22. The Balaban J connectivity index is 1.56. The first-order valence-corrected chi connectivity index (χ1v) is 7.67. The zero-order valence-electron chi connectivity index (χ0n) is 12.0. The lowest BCUT2D eigenvalue weighted by molar-refractivity contribution is -0.389. The molecule has 0 spiro atoms. The van der Waals surface area contributed by atoms with Crippen molar-refractivity contribution in [1.29, 1.82) is 0 Å². The molecular formula is C13H9N7O3S. The highest BCUT2D eigenvalue weighted by Crippen LogP contribution is 2.28. The third kappa shape index (κ3) is 2.46. The Bertz CT molecular complexity index is 1010.